The Morgan fingerprint density at radius 2 is 2.24 bits per heavy atom. The lowest BCUT2D eigenvalue weighted by Gasteiger charge is -2.23. The van der Waals surface area contributed by atoms with Crippen LogP contribution < -0.4 is 0 Å². The zero-order valence-corrected chi connectivity index (χ0v) is 11.2. The summed E-state index contributed by atoms with van der Waals surface area (Å²) >= 11 is 6.26. The molecule has 2 rings (SSSR count). The van der Waals surface area contributed by atoms with Gasteiger partial charge in [0.25, 0.3) is 0 Å². The second kappa shape index (κ2) is 4.81. The molecule has 2 unspecified atom stereocenters. The highest BCUT2D eigenvalue weighted by Gasteiger charge is 2.25. The van der Waals surface area contributed by atoms with Gasteiger partial charge >= 0.3 is 0 Å². The number of hydrogen-bond acceptors (Lipinski definition) is 1. The van der Waals surface area contributed by atoms with Gasteiger partial charge in [0.05, 0.1) is 12.2 Å². The van der Waals surface area contributed by atoms with E-state index in [-0.39, 0.29) is 0 Å². The fourth-order valence-corrected chi connectivity index (χ4v) is 2.67. The van der Waals surface area contributed by atoms with Crippen LogP contribution in [0.5, 0.6) is 0 Å². The number of alkyl halides is 1. The number of aromatic nitrogens is 2. The third kappa shape index (κ3) is 2.71. The molecule has 17 heavy (non-hydrogen) atoms. The van der Waals surface area contributed by atoms with Gasteiger partial charge in [0.2, 0.25) is 0 Å². The molecule has 4 heteroatoms. The number of fused-ring (bicyclic) bond motifs is 1. The highest BCUT2D eigenvalue weighted by molar-refractivity contribution is 6.32. The molecule has 94 valence electrons. The highest BCUT2D eigenvalue weighted by atomic mass is 35.5. The second-order valence-electron chi connectivity index (χ2n) is 5.13. The molecule has 0 fully saturated rings. The molecule has 1 aliphatic carbocycles. The monoisotopic (exact) mass is 256 g/mol. The summed E-state index contributed by atoms with van der Waals surface area (Å²) in [6.45, 7) is 6.19. The molecule has 0 bridgehead atoms. The highest BCUT2D eigenvalue weighted by Crippen LogP contribution is 2.34. The van der Waals surface area contributed by atoms with Crippen molar-refractivity contribution in [3.05, 3.63) is 22.5 Å². The first-order chi connectivity index (χ1) is 7.97. The molecule has 0 spiro atoms. The summed E-state index contributed by atoms with van der Waals surface area (Å²) in [7, 11) is 0. The molecule has 0 radical (unpaired) electrons. The van der Waals surface area contributed by atoms with Crippen molar-refractivity contribution >= 4 is 17.7 Å². The van der Waals surface area contributed by atoms with Crippen LogP contribution in [0.4, 0.5) is 4.39 Å². The predicted octanol–water partition coefficient (Wildman–Crippen LogP) is 3.65. The summed E-state index contributed by atoms with van der Waals surface area (Å²) in [6.07, 6.45) is 3.89. The minimum absolute atomic E-state index is 0.310. The molecule has 0 saturated heterocycles. The van der Waals surface area contributed by atoms with Crippen LogP contribution in [0.3, 0.4) is 0 Å². The van der Waals surface area contributed by atoms with E-state index in [0.29, 0.717) is 18.4 Å². The van der Waals surface area contributed by atoms with Gasteiger partial charge in [0.1, 0.15) is 6.17 Å². The Labute approximate surface area is 106 Å². The second-order valence-corrected chi connectivity index (χ2v) is 5.56. The minimum Gasteiger partial charge on any atom is -0.269 e. The van der Waals surface area contributed by atoms with Crippen LogP contribution in [0.1, 0.15) is 32.0 Å². The minimum atomic E-state index is -0.878. The molecular formula is C13H18ClFN2. The molecule has 2 nitrogen and oxygen atoms in total. The van der Waals surface area contributed by atoms with Crippen molar-refractivity contribution in [1.82, 2.24) is 9.78 Å². The average molecular weight is 257 g/mol. The Bertz CT molecular complexity index is 435. The van der Waals surface area contributed by atoms with E-state index in [4.69, 9.17) is 11.6 Å². The summed E-state index contributed by atoms with van der Waals surface area (Å²) in [6, 6.07) is 0. The Kier molecular flexibility index (Phi) is 3.57. The van der Waals surface area contributed by atoms with E-state index >= 15 is 0 Å². The third-order valence-electron chi connectivity index (χ3n) is 3.18. The Morgan fingerprint density at radius 1 is 1.53 bits per heavy atom. The first-order valence-corrected chi connectivity index (χ1v) is 6.42. The fourth-order valence-electron chi connectivity index (χ4n) is 2.23. The van der Waals surface area contributed by atoms with Gasteiger partial charge in [-0.1, -0.05) is 25.4 Å². The van der Waals surface area contributed by atoms with E-state index in [1.165, 1.54) is 5.56 Å². The van der Waals surface area contributed by atoms with Crippen molar-refractivity contribution in [3.8, 4) is 0 Å². The molecule has 1 heterocycles. The summed E-state index contributed by atoms with van der Waals surface area (Å²) in [5.41, 5.74) is 2.07. The maximum atomic E-state index is 12.9. The maximum Gasteiger partial charge on any atom is 0.117 e. The number of allylic oxidation sites excluding steroid dienone is 1. The van der Waals surface area contributed by atoms with Crippen LogP contribution in [0.15, 0.2) is 11.2 Å². The molecule has 1 aromatic rings. The van der Waals surface area contributed by atoms with E-state index in [1.54, 1.807) is 11.6 Å². The van der Waals surface area contributed by atoms with E-state index in [9.17, 15) is 4.39 Å². The van der Waals surface area contributed by atoms with Crippen molar-refractivity contribution in [2.24, 2.45) is 11.8 Å². The van der Waals surface area contributed by atoms with E-state index in [1.807, 2.05) is 12.3 Å². The van der Waals surface area contributed by atoms with Crippen molar-refractivity contribution < 1.29 is 4.39 Å². The van der Waals surface area contributed by atoms with Crippen LogP contribution in [0.2, 0.25) is 0 Å². The predicted molar refractivity (Wildman–Crippen MR) is 68.7 cm³/mol. The average Bonchev–Trinajstić information content (AvgIpc) is 2.56. The lowest BCUT2D eigenvalue weighted by Crippen LogP contribution is -2.15. The van der Waals surface area contributed by atoms with Crippen molar-refractivity contribution in [1.29, 1.82) is 0 Å². The first kappa shape index (κ1) is 12.6. The van der Waals surface area contributed by atoms with Crippen LogP contribution >= 0.6 is 11.6 Å². The Balaban J connectivity index is 2.24. The quantitative estimate of drug-likeness (QED) is 0.807. The number of hydrogen-bond donors (Lipinski definition) is 0. The van der Waals surface area contributed by atoms with Crippen LogP contribution in [-0.2, 0) is 13.0 Å². The maximum absolute atomic E-state index is 12.9. The zero-order valence-electron chi connectivity index (χ0n) is 10.5. The van der Waals surface area contributed by atoms with Gasteiger partial charge in [-0.25, -0.2) is 4.39 Å². The molecular weight excluding hydrogens is 239 g/mol. The lowest BCUT2D eigenvalue weighted by atomic mass is 9.85. The SMILES string of the molecule is CC(F)Cn1cc2c(n1)C=C(Cl)C(C(C)C)C2. The third-order valence-corrected chi connectivity index (χ3v) is 3.57. The largest absolute Gasteiger partial charge is 0.269 e. The fraction of sp³-hybridized carbons (Fsp3) is 0.615. The molecule has 0 N–H and O–H groups in total. The van der Waals surface area contributed by atoms with Gasteiger partial charge in [0.15, 0.2) is 0 Å². The molecule has 0 saturated carbocycles. The standard InChI is InChI=1S/C13H18ClFN2/c1-8(2)11-4-10-7-17(6-9(3)15)16-13(10)5-12(11)14/h5,7-9,11H,4,6H2,1-3H3. The van der Waals surface area contributed by atoms with Gasteiger partial charge in [-0.15, -0.1) is 0 Å². The van der Waals surface area contributed by atoms with Crippen LogP contribution in [-0.4, -0.2) is 16.0 Å². The van der Waals surface area contributed by atoms with E-state index in [2.05, 4.69) is 18.9 Å². The summed E-state index contributed by atoms with van der Waals surface area (Å²) < 4.78 is 14.6. The van der Waals surface area contributed by atoms with Gasteiger partial charge in [-0.05, 0) is 30.9 Å². The van der Waals surface area contributed by atoms with Gasteiger partial charge in [0, 0.05) is 17.1 Å². The summed E-state index contributed by atoms with van der Waals surface area (Å²) in [5.74, 6) is 0.875. The molecule has 1 aromatic heterocycles. The Hall–Kier alpha value is -0.830. The van der Waals surface area contributed by atoms with E-state index < -0.39 is 6.17 Å². The van der Waals surface area contributed by atoms with Crippen LogP contribution in [0, 0.1) is 11.8 Å². The number of nitrogens with zero attached hydrogens (tertiary/aromatic N) is 2. The van der Waals surface area contributed by atoms with Gasteiger partial charge in [-0.3, -0.25) is 4.68 Å². The molecule has 0 aromatic carbocycles. The normalized spacial score (nSPS) is 21.3. The van der Waals surface area contributed by atoms with Crippen LogP contribution in [0.25, 0.3) is 6.08 Å². The summed E-state index contributed by atoms with van der Waals surface area (Å²) in [4.78, 5) is 0. The molecule has 1 aliphatic rings. The number of rotatable bonds is 3. The summed E-state index contributed by atoms with van der Waals surface area (Å²) in [5, 5.41) is 5.22. The first-order valence-electron chi connectivity index (χ1n) is 6.05. The number of halogens is 2. The van der Waals surface area contributed by atoms with Crippen molar-refractivity contribution in [3.63, 3.8) is 0 Å². The Morgan fingerprint density at radius 3 is 2.82 bits per heavy atom. The van der Waals surface area contributed by atoms with Gasteiger partial charge in [-0.2, -0.15) is 5.10 Å². The molecule has 0 amide bonds. The molecule has 2 atom stereocenters. The lowest BCUT2D eigenvalue weighted by molar-refractivity contribution is 0.309. The van der Waals surface area contributed by atoms with Crippen molar-refractivity contribution in [2.75, 3.05) is 0 Å². The van der Waals surface area contributed by atoms with Crippen molar-refractivity contribution in [2.45, 2.75) is 39.9 Å². The topological polar surface area (TPSA) is 17.8 Å². The van der Waals surface area contributed by atoms with Gasteiger partial charge < -0.3 is 0 Å². The smallest absolute Gasteiger partial charge is 0.117 e. The zero-order chi connectivity index (χ0) is 12.6. The van der Waals surface area contributed by atoms with E-state index in [0.717, 1.165) is 17.1 Å². The molecule has 0 aliphatic heterocycles.